The van der Waals surface area contributed by atoms with Crippen molar-refractivity contribution in [1.82, 2.24) is 9.80 Å². The first-order valence-corrected chi connectivity index (χ1v) is 15.2. The fraction of sp³-hybridized carbons (Fsp3) is 0.500. The molecule has 2 heterocycles. The topological polar surface area (TPSA) is 98.8 Å². The third-order valence-electron chi connectivity index (χ3n) is 9.73. The Balaban J connectivity index is 0.984. The van der Waals surface area contributed by atoms with Gasteiger partial charge in [0.15, 0.2) is 0 Å². The number of alkyl halides is 6. The zero-order valence-electron chi connectivity index (χ0n) is 24.6. The first-order valence-electron chi connectivity index (χ1n) is 15.2. The maximum atomic E-state index is 13.3. The summed E-state index contributed by atoms with van der Waals surface area (Å²) in [6, 6.07) is 13.8. The molecule has 4 aliphatic rings. The van der Waals surface area contributed by atoms with Crippen molar-refractivity contribution in [2.75, 3.05) is 36.8 Å². The highest BCUT2D eigenvalue weighted by Crippen LogP contribution is 2.59. The number of likely N-dealkylation sites (tertiary alicyclic amines) is 2. The van der Waals surface area contributed by atoms with Crippen LogP contribution in [-0.4, -0.2) is 72.0 Å². The van der Waals surface area contributed by atoms with Crippen LogP contribution in [0.4, 0.5) is 37.7 Å². The standard InChI is InChI=1S/C32H32F6N4O4/c33-31(34,35)29(11-12-29)27(45)41-15-9-21(17-41)25(43)39-23-5-1-19(2-6-23)20-3-7-24(8-4-20)40-26(44)22-10-16-42(18-22)28(46)30(13-14-30)32(36,37)38/h1-8,21-22H,9-18H2,(H,39,43)(H,40,44)/t21-,22+. The van der Waals surface area contributed by atoms with E-state index in [1.807, 2.05) is 0 Å². The second-order valence-electron chi connectivity index (χ2n) is 12.8. The van der Waals surface area contributed by atoms with Crippen LogP contribution in [0.25, 0.3) is 11.1 Å². The predicted octanol–water partition coefficient (Wildman–Crippen LogP) is 5.61. The zero-order chi connectivity index (χ0) is 33.1. The van der Waals surface area contributed by atoms with E-state index in [4.69, 9.17) is 0 Å². The monoisotopic (exact) mass is 650 g/mol. The average Bonchev–Trinajstić information content (AvgIpc) is 3.90. The number of hydrogen-bond donors (Lipinski definition) is 2. The Morgan fingerprint density at radius 3 is 1.20 bits per heavy atom. The van der Waals surface area contributed by atoms with Gasteiger partial charge in [0.2, 0.25) is 23.6 Å². The van der Waals surface area contributed by atoms with Crippen molar-refractivity contribution < 1.29 is 45.5 Å². The molecule has 2 aromatic carbocycles. The van der Waals surface area contributed by atoms with Crippen LogP contribution in [0, 0.1) is 22.7 Å². The van der Waals surface area contributed by atoms with Crippen molar-refractivity contribution in [3.63, 3.8) is 0 Å². The van der Waals surface area contributed by atoms with Gasteiger partial charge in [-0.3, -0.25) is 19.2 Å². The molecule has 46 heavy (non-hydrogen) atoms. The van der Waals surface area contributed by atoms with Crippen LogP contribution in [0.15, 0.2) is 48.5 Å². The Morgan fingerprint density at radius 2 is 0.913 bits per heavy atom. The van der Waals surface area contributed by atoms with E-state index in [9.17, 15) is 45.5 Å². The molecule has 2 aliphatic heterocycles. The summed E-state index contributed by atoms with van der Waals surface area (Å²) in [5.41, 5.74) is -2.00. The van der Waals surface area contributed by atoms with E-state index in [1.165, 1.54) is 0 Å². The summed E-state index contributed by atoms with van der Waals surface area (Å²) in [4.78, 5) is 52.9. The van der Waals surface area contributed by atoms with E-state index in [0.717, 1.165) is 20.9 Å². The number of nitrogens with zero attached hydrogens (tertiary/aromatic N) is 2. The Labute approximate surface area is 260 Å². The number of nitrogens with one attached hydrogen (secondary N) is 2. The number of amides is 4. The maximum Gasteiger partial charge on any atom is 0.403 e. The predicted molar refractivity (Wildman–Crippen MR) is 154 cm³/mol. The first-order chi connectivity index (χ1) is 21.6. The highest BCUT2D eigenvalue weighted by molar-refractivity contribution is 5.95. The van der Waals surface area contributed by atoms with Crippen LogP contribution in [0.1, 0.15) is 38.5 Å². The van der Waals surface area contributed by atoms with Crippen molar-refractivity contribution in [2.45, 2.75) is 50.9 Å². The lowest BCUT2D eigenvalue weighted by molar-refractivity contribution is -0.199. The van der Waals surface area contributed by atoms with E-state index in [2.05, 4.69) is 10.6 Å². The van der Waals surface area contributed by atoms with Gasteiger partial charge < -0.3 is 20.4 Å². The van der Waals surface area contributed by atoms with E-state index >= 15 is 0 Å². The molecule has 2 N–H and O–H groups in total. The first kappa shape index (κ1) is 31.9. The van der Waals surface area contributed by atoms with E-state index in [0.29, 0.717) is 11.4 Å². The third-order valence-corrected chi connectivity index (χ3v) is 9.73. The summed E-state index contributed by atoms with van der Waals surface area (Å²) < 4.78 is 80.0. The van der Waals surface area contributed by atoms with Gasteiger partial charge in [-0.1, -0.05) is 24.3 Å². The van der Waals surface area contributed by atoms with Gasteiger partial charge >= 0.3 is 12.4 Å². The van der Waals surface area contributed by atoms with Crippen LogP contribution < -0.4 is 10.6 Å². The molecule has 2 saturated heterocycles. The van der Waals surface area contributed by atoms with E-state index in [1.54, 1.807) is 48.5 Å². The van der Waals surface area contributed by atoms with Crippen molar-refractivity contribution in [2.24, 2.45) is 22.7 Å². The maximum absolute atomic E-state index is 13.3. The molecule has 0 aromatic heterocycles. The fourth-order valence-electron chi connectivity index (χ4n) is 6.39. The molecule has 6 rings (SSSR count). The lowest BCUT2D eigenvalue weighted by Crippen LogP contribution is -2.43. The van der Waals surface area contributed by atoms with Crippen molar-refractivity contribution >= 4 is 35.0 Å². The summed E-state index contributed by atoms with van der Waals surface area (Å²) in [7, 11) is 0. The molecule has 0 radical (unpaired) electrons. The van der Waals surface area contributed by atoms with E-state index < -0.39 is 46.8 Å². The number of rotatable bonds is 7. The molecule has 2 aliphatic carbocycles. The van der Waals surface area contributed by atoms with Gasteiger partial charge in [0.25, 0.3) is 0 Å². The van der Waals surface area contributed by atoms with Crippen LogP contribution >= 0.6 is 0 Å². The number of halogens is 6. The number of benzene rings is 2. The number of carbonyl (C=O) groups is 4. The fourth-order valence-corrected chi connectivity index (χ4v) is 6.39. The van der Waals surface area contributed by atoms with Gasteiger partial charge in [-0.05, 0) is 73.9 Å². The largest absolute Gasteiger partial charge is 0.403 e. The SMILES string of the molecule is O=C(Nc1ccc(-c2ccc(NC(=O)[C@H]3CCN(C(=O)C4(C(F)(F)F)CC4)C3)cc2)cc1)[C@@H]1CCN(C(=O)C2(C(F)(F)F)CC2)C1. The quantitative estimate of drug-likeness (QED) is 0.381. The molecule has 0 spiro atoms. The highest BCUT2D eigenvalue weighted by atomic mass is 19.4. The molecule has 2 saturated carbocycles. The van der Waals surface area contributed by atoms with Crippen molar-refractivity contribution in [3.8, 4) is 11.1 Å². The Morgan fingerprint density at radius 1 is 0.587 bits per heavy atom. The number of anilines is 2. The molecule has 0 unspecified atom stereocenters. The molecule has 8 nitrogen and oxygen atoms in total. The van der Waals surface area contributed by atoms with Gasteiger partial charge in [-0.15, -0.1) is 0 Å². The van der Waals surface area contributed by atoms with Gasteiger partial charge in [0.05, 0.1) is 11.8 Å². The van der Waals surface area contributed by atoms with Gasteiger partial charge in [0, 0.05) is 37.6 Å². The van der Waals surface area contributed by atoms with Crippen molar-refractivity contribution in [3.05, 3.63) is 48.5 Å². The smallest absolute Gasteiger partial charge is 0.341 e. The Hall–Kier alpha value is -4.10. The summed E-state index contributed by atoms with van der Waals surface area (Å²) in [6.45, 7) is 0.0930. The average molecular weight is 651 g/mol. The van der Waals surface area contributed by atoms with Gasteiger partial charge in [0.1, 0.15) is 10.8 Å². The van der Waals surface area contributed by atoms with Gasteiger partial charge in [-0.25, -0.2) is 0 Å². The minimum atomic E-state index is -4.59. The normalized spacial score (nSPS) is 23.2. The zero-order valence-corrected chi connectivity index (χ0v) is 24.6. The van der Waals surface area contributed by atoms with E-state index in [-0.39, 0.29) is 76.5 Å². The molecular formula is C32H32F6N4O4. The lowest BCUT2D eigenvalue weighted by atomic mass is 10.0. The molecule has 4 fully saturated rings. The Bertz CT molecular complexity index is 1420. The lowest BCUT2D eigenvalue weighted by Gasteiger charge is -2.25. The van der Waals surface area contributed by atoms with Gasteiger partial charge in [-0.2, -0.15) is 26.3 Å². The third kappa shape index (κ3) is 5.81. The number of hydrogen-bond acceptors (Lipinski definition) is 4. The second-order valence-corrected chi connectivity index (χ2v) is 12.8. The molecule has 246 valence electrons. The summed E-state index contributed by atoms with van der Waals surface area (Å²) >= 11 is 0. The van der Waals surface area contributed by atoms with Crippen LogP contribution in [0.2, 0.25) is 0 Å². The van der Waals surface area contributed by atoms with Crippen molar-refractivity contribution in [1.29, 1.82) is 0 Å². The molecule has 4 amide bonds. The molecular weight excluding hydrogens is 618 g/mol. The summed E-state index contributed by atoms with van der Waals surface area (Å²) in [5.74, 6) is -3.86. The minimum absolute atomic E-state index is 0.0562. The molecule has 14 heteroatoms. The highest BCUT2D eigenvalue weighted by Gasteiger charge is 2.70. The molecule has 2 aromatic rings. The van der Waals surface area contributed by atoms with Crippen LogP contribution in [0.5, 0.6) is 0 Å². The molecule has 2 atom stereocenters. The second kappa shape index (κ2) is 11.3. The van der Waals surface area contributed by atoms with Crippen LogP contribution in [0.3, 0.4) is 0 Å². The number of carbonyl (C=O) groups excluding carboxylic acids is 4. The van der Waals surface area contributed by atoms with Crippen LogP contribution in [-0.2, 0) is 19.2 Å². The summed E-state index contributed by atoms with van der Waals surface area (Å²) in [6.07, 6.45) is -9.49. The Kier molecular flexibility index (Phi) is 7.83. The summed E-state index contributed by atoms with van der Waals surface area (Å²) in [5, 5.41) is 5.53. The minimum Gasteiger partial charge on any atom is -0.341 e. The molecule has 0 bridgehead atoms.